The fourth-order valence-corrected chi connectivity index (χ4v) is 4.02. The molecule has 2 atom stereocenters. The molecule has 1 N–H and O–H groups in total. The zero-order chi connectivity index (χ0) is 13.2. The molecule has 2 fully saturated rings. The molecule has 0 aromatic heterocycles. The lowest BCUT2D eigenvalue weighted by Gasteiger charge is -2.44. The minimum absolute atomic E-state index is 0.377. The summed E-state index contributed by atoms with van der Waals surface area (Å²) in [6.45, 7) is 2.00. The molecule has 1 aromatic carbocycles. The van der Waals surface area contributed by atoms with Gasteiger partial charge in [0.15, 0.2) is 0 Å². The van der Waals surface area contributed by atoms with Gasteiger partial charge in [0, 0.05) is 23.2 Å². The Kier molecular flexibility index (Phi) is 3.99. The highest BCUT2D eigenvalue weighted by molar-refractivity contribution is 6.30. The number of rotatable bonds is 2. The minimum atomic E-state index is 0.377. The molecule has 1 aromatic rings. The van der Waals surface area contributed by atoms with E-state index in [-0.39, 0.29) is 0 Å². The zero-order valence-electron chi connectivity index (χ0n) is 11.3. The topological polar surface area (TPSA) is 23.5 Å². The molecule has 3 rings (SSSR count). The normalized spacial score (nSPS) is 28.1. The third-order valence-electron chi connectivity index (χ3n) is 4.77. The van der Waals surface area contributed by atoms with Gasteiger partial charge in [-0.1, -0.05) is 24.4 Å². The van der Waals surface area contributed by atoms with Gasteiger partial charge in [0.2, 0.25) is 0 Å². The highest BCUT2D eigenvalue weighted by Gasteiger charge is 2.33. The molecule has 1 saturated heterocycles. The molecule has 2 nitrogen and oxygen atoms in total. The Morgan fingerprint density at radius 3 is 2.84 bits per heavy atom. The summed E-state index contributed by atoms with van der Waals surface area (Å²) in [4.78, 5) is 2.57. The van der Waals surface area contributed by atoms with Gasteiger partial charge in [-0.15, -0.1) is 0 Å². The van der Waals surface area contributed by atoms with Gasteiger partial charge in [0.05, 0.1) is 0 Å². The number of halogens is 1. The number of nitrogens with zero attached hydrogens (tertiary/aromatic N) is 1. The van der Waals surface area contributed by atoms with Crippen LogP contribution in [0.4, 0.5) is 0 Å². The van der Waals surface area contributed by atoms with E-state index in [1.54, 1.807) is 12.1 Å². The largest absolute Gasteiger partial charge is 0.508 e. The molecule has 0 spiro atoms. The van der Waals surface area contributed by atoms with Crippen LogP contribution in [0.1, 0.15) is 44.1 Å². The summed E-state index contributed by atoms with van der Waals surface area (Å²) in [5.41, 5.74) is 0.971. The summed E-state index contributed by atoms with van der Waals surface area (Å²) >= 11 is 6.04. The number of phenolic OH excluding ortho intramolecular Hbond substituents is 1. The lowest BCUT2D eigenvalue weighted by molar-refractivity contribution is 0.0541. The maximum atomic E-state index is 9.98. The maximum Gasteiger partial charge on any atom is 0.120 e. The Bertz CT molecular complexity index is 446. The van der Waals surface area contributed by atoms with E-state index in [9.17, 15) is 5.11 Å². The van der Waals surface area contributed by atoms with Crippen LogP contribution in [-0.2, 0) is 6.54 Å². The Morgan fingerprint density at radius 2 is 1.95 bits per heavy atom. The van der Waals surface area contributed by atoms with Crippen molar-refractivity contribution in [2.24, 2.45) is 5.92 Å². The van der Waals surface area contributed by atoms with Gasteiger partial charge in [-0.25, -0.2) is 0 Å². The first-order chi connectivity index (χ1) is 9.24. The summed E-state index contributed by atoms with van der Waals surface area (Å²) in [6.07, 6.45) is 8.16. The predicted octanol–water partition coefficient (Wildman–Crippen LogP) is 4.20. The van der Waals surface area contributed by atoms with Crippen molar-refractivity contribution >= 4 is 11.6 Å². The number of hydrogen-bond acceptors (Lipinski definition) is 2. The fraction of sp³-hybridized carbons (Fsp3) is 0.625. The van der Waals surface area contributed by atoms with E-state index in [1.165, 1.54) is 38.5 Å². The van der Waals surface area contributed by atoms with Crippen molar-refractivity contribution in [2.75, 3.05) is 6.54 Å². The standard InChI is InChI=1S/C16H22ClNO/c17-14-7-8-16(19)13(10-14)11-18-9-3-5-12-4-1-2-6-15(12)18/h7-8,10,12,15,19H,1-6,9,11H2/t12-,15-/m1/s1. The molecule has 0 unspecified atom stereocenters. The van der Waals surface area contributed by atoms with Crippen LogP contribution >= 0.6 is 11.6 Å². The molecule has 19 heavy (non-hydrogen) atoms. The lowest BCUT2D eigenvalue weighted by atomic mass is 9.78. The fourth-order valence-electron chi connectivity index (χ4n) is 3.82. The van der Waals surface area contributed by atoms with Crippen LogP contribution in [0.2, 0.25) is 5.02 Å². The molecular formula is C16H22ClNO. The quantitative estimate of drug-likeness (QED) is 0.877. The summed E-state index contributed by atoms with van der Waals surface area (Å²) in [5.74, 6) is 1.26. The van der Waals surface area contributed by atoms with Crippen molar-refractivity contribution in [1.29, 1.82) is 0 Å². The van der Waals surface area contributed by atoms with Crippen molar-refractivity contribution < 1.29 is 5.11 Å². The van der Waals surface area contributed by atoms with Crippen LogP contribution in [0.5, 0.6) is 5.75 Å². The Hall–Kier alpha value is -0.730. The highest BCUT2D eigenvalue weighted by atomic mass is 35.5. The lowest BCUT2D eigenvalue weighted by Crippen LogP contribution is -2.46. The molecule has 104 valence electrons. The number of aromatic hydroxyl groups is 1. The van der Waals surface area contributed by atoms with Crippen LogP contribution in [0.25, 0.3) is 0 Å². The van der Waals surface area contributed by atoms with E-state index in [4.69, 9.17) is 11.6 Å². The second-order valence-electron chi connectivity index (χ2n) is 6.00. The maximum absolute atomic E-state index is 9.98. The Labute approximate surface area is 120 Å². The third-order valence-corrected chi connectivity index (χ3v) is 5.01. The van der Waals surface area contributed by atoms with Crippen LogP contribution < -0.4 is 0 Å². The number of benzene rings is 1. The second kappa shape index (κ2) is 5.72. The summed E-state index contributed by atoms with van der Waals surface area (Å²) in [7, 11) is 0. The molecule has 1 saturated carbocycles. The molecule has 1 heterocycles. The van der Waals surface area contributed by atoms with Gasteiger partial charge in [0.1, 0.15) is 5.75 Å². The van der Waals surface area contributed by atoms with Crippen molar-refractivity contribution in [2.45, 2.75) is 51.1 Å². The number of phenols is 1. The van der Waals surface area contributed by atoms with Crippen LogP contribution in [0, 0.1) is 5.92 Å². The van der Waals surface area contributed by atoms with Crippen LogP contribution in [0.3, 0.4) is 0 Å². The third kappa shape index (κ3) is 2.90. The van der Waals surface area contributed by atoms with Crippen molar-refractivity contribution in [3.63, 3.8) is 0 Å². The SMILES string of the molecule is Oc1ccc(Cl)cc1CN1CCC[C@H]2CCCC[C@H]21. The zero-order valence-corrected chi connectivity index (χ0v) is 12.1. The summed E-state index contributed by atoms with van der Waals surface area (Å²) in [6, 6.07) is 6.09. The van der Waals surface area contributed by atoms with E-state index in [0.29, 0.717) is 10.8 Å². The summed E-state index contributed by atoms with van der Waals surface area (Å²) < 4.78 is 0. The van der Waals surface area contributed by atoms with E-state index in [0.717, 1.165) is 30.6 Å². The molecule has 0 bridgehead atoms. The molecular weight excluding hydrogens is 258 g/mol. The second-order valence-corrected chi connectivity index (χ2v) is 6.43. The average Bonchev–Trinajstić information content (AvgIpc) is 2.43. The molecule has 1 aliphatic heterocycles. The number of hydrogen-bond donors (Lipinski definition) is 1. The van der Waals surface area contributed by atoms with Gasteiger partial charge in [0.25, 0.3) is 0 Å². The number of piperidine rings is 1. The van der Waals surface area contributed by atoms with Crippen molar-refractivity contribution in [3.8, 4) is 5.75 Å². The van der Waals surface area contributed by atoms with Gasteiger partial charge in [-0.3, -0.25) is 4.90 Å². The molecule has 0 amide bonds. The molecule has 3 heteroatoms. The Morgan fingerprint density at radius 1 is 1.16 bits per heavy atom. The highest BCUT2D eigenvalue weighted by Crippen LogP contribution is 2.36. The molecule has 2 aliphatic rings. The van der Waals surface area contributed by atoms with Gasteiger partial charge >= 0.3 is 0 Å². The van der Waals surface area contributed by atoms with E-state index < -0.39 is 0 Å². The van der Waals surface area contributed by atoms with Gasteiger partial charge < -0.3 is 5.11 Å². The minimum Gasteiger partial charge on any atom is -0.508 e. The predicted molar refractivity (Wildman–Crippen MR) is 78.5 cm³/mol. The molecule has 1 aliphatic carbocycles. The summed E-state index contributed by atoms with van der Waals surface area (Å²) in [5, 5.41) is 10.7. The smallest absolute Gasteiger partial charge is 0.120 e. The van der Waals surface area contributed by atoms with Gasteiger partial charge in [-0.2, -0.15) is 0 Å². The van der Waals surface area contributed by atoms with Crippen LogP contribution in [-0.4, -0.2) is 22.6 Å². The van der Waals surface area contributed by atoms with Gasteiger partial charge in [-0.05, 0) is 56.3 Å². The monoisotopic (exact) mass is 279 g/mol. The first-order valence-electron chi connectivity index (χ1n) is 7.45. The van der Waals surface area contributed by atoms with Crippen molar-refractivity contribution in [3.05, 3.63) is 28.8 Å². The van der Waals surface area contributed by atoms with E-state index in [2.05, 4.69) is 4.90 Å². The van der Waals surface area contributed by atoms with E-state index >= 15 is 0 Å². The average molecular weight is 280 g/mol. The number of fused-ring (bicyclic) bond motifs is 1. The number of likely N-dealkylation sites (tertiary alicyclic amines) is 1. The van der Waals surface area contributed by atoms with Crippen molar-refractivity contribution in [1.82, 2.24) is 4.90 Å². The first kappa shape index (κ1) is 13.3. The Balaban J connectivity index is 1.75. The molecule has 0 radical (unpaired) electrons. The first-order valence-corrected chi connectivity index (χ1v) is 7.83. The van der Waals surface area contributed by atoms with Crippen LogP contribution in [0.15, 0.2) is 18.2 Å². The van der Waals surface area contributed by atoms with E-state index in [1.807, 2.05) is 6.07 Å².